The van der Waals surface area contributed by atoms with Crippen molar-refractivity contribution in [3.05, 3.63) is 72.9 Å². The van der Waals surface area contributed by atoms with Crippen LogP contribution in [0.4, 0.5) is 18.9 Å². The molecule has 1 heterocycles. The lowest BCUT2D eigenvalue weighted by Crippen LogP contribution is -2.22. The molecule has 0 aliphatic carbocycles. The molecule has 0 fully saturated rings. The van der Waals surface area contributed by atoms with Gasteiger partial charge in [-0.2, -0.15) is 13.2 Å². The van der Waals surface area contributed by atoms with Crippen LogP contribution >= 0.6 is 0 Å². The molecule has 0 unspecified atom stereocenters. The monoisotopic (exact) mass is 418 g/mol. The van der Waals surface area contributed by atoms with Crippen LogP contribution in [0.25, 0.3) is 0 Å². The lowest BCUT2D eigenvalue weighted by molar-refractivity contribution is -0.153. The van der Waals surface area contributed by atoms with Crippen molar-refractivity contribution in [2.75, 3.05) is 18.5 Å². The van der Waals surface area contributed by atoms with E-state index in [4.69, 9.17) is 14.2 Å². The van der Waals surface area contributed by atoms with Crippen LogP contribution in [0.15, 0.2) is 72.9 Å². The molecular formula is C21H17F3N2O4. The smallest absolute Gasteiger partial charge is 0.422 e. The van der Waals surface area contributed by atoms with Crippen molar-refractivity contribution in [1.82, 2.24) is 4.98 Å². The zero-order chi connectivity index (χ0) is 21.4. The van der Waals surface area contributed by atoms with Crippen molar-refractivity contribution in [1.29, 1.82) is 0 Å². The molecule has 0 saturated heterocycles. The van der Waals surface area contributed by atoms with Gasteiger partial charge in [0.25, 0.3) is 5.91 Å². The number of benzene rings is 2. The van der Waals surface area contributed by atoms with Gasteiger partial charge in [0.15, 0.2) is 13.2 Å². The van der Waals surface area contributed by atoms with E-state index < -0.39 is 18.7 Å². The van der Waals surface area contributed by atoms with E-state index in [-0.39, 0.29) is 18.0 Å². The molecule has 0 saturated carbocycles. The Morgan fingerprint density at radius 2 is 1.60 bits per heavy atom. The molecule has 1 aromatic heterocycles. The predicted molar refractivity (Wildman–Crippen MR) is 103 cm³/mol. The number of pyridine rings is 1. The van der Waals surface area contributed by atoms with Gasteiger partial charge in [-0.3, -0.25) is 4.79 Å². The van der Waals surface area contributed by atoms with Crippen molar-refractivity contribution < 1.29 is 32.2 Å². The summed E-state index contributed by atoms with van der Waals surface area (Å²) in [4.78, 5) is 16.2. The second-order valence-corrected chi connectivity index (χ2v) is 5.98. The van der Waals surface area contributed by atoms with Gasteiger partial charge in [-0.05, 0) is 42.5 Å². The number of nitrogens with zero attached hydrogens (tertiary/aromatic N) is 1. The van der Waals surface area contributed by atoms with Gasteiger partial charge in [-0.1, -0.05) is 18.2 Å². The molecule has 1 amide bonds. The minimum Gasteiger partial charge on any atom is -0.484 e. The number of carbonyl (C=O) groups is 1. The Kier molecular flexibility index (Phi) is 6.74. The van der Waals surface area contributed by atoms with Gasteiger partial charge < -0.3 is 19.5 Å². The van der Waals surface area contributed by atoms with Gasteiger partial charge in [0.1, 0.15) is 17.2 Å². The molecule has 6 nitrogen and oxygen atoms in total. The number of rotatable bonds is 8. The summed E-state index contributed by atoms with van der Waals surface area (Å²) in [6.07, 6.45) is -2.87. The third kappa shape index (κ3) is 6.69. The SMILES string of the molecule is O=C(COc1ccc(Oc2ccccn2)cc1)Nc1ccccc1OCC(F)(F)F. The second kappa shape index (κ2) is 9.64. The van der Waals surface area contributed by atoms with Crippen LogP contribution in [-0.4, -0.2) is 30.3 Å². The van der Waals surface area contributed by atoms with Crippen molar-refractivity contribution in [2.24, 2.45) is 0 Å². The van der Waals surface area contributed by atoms with Gasteiger partial charge in [0.2, 0.25) is 5.88 Å². The first-order valence-corrected chi connectivity index (χ1v) is 8.79. The zero-order valence-electron chi connectivity index (χ0n) is 15.6. The fraction of sp³-hybridized carbons (Fsp3) is 0.143. The minimum atomic E-state index is -4.48. The number of amides is 1. The normalized spacial score (nSPS) is 10.9. The van der Waals surface area contributed by atoms with Crippen molar-refractivity contribution in [2.45, 2.75) is 6.18 Å². The standard InChI is InChI=1S/C21H17F3N2O4/c22-21(23,24)14-29-18-6-2-1-5-17(18)26-19(27)13-28-15-8-10-16(11-9-15)30-20-7-3-4-12-25-20/h1-12H,13-14H2,(H,26,27). The van der Waals surface area contributed by atoms with E-state index in [0.717, 1.165) is 0 Å². The molecule has 0 atom stereocenters. The maximum Gasteiger partial charge on any atom is 0.422 e. The molecule has 156 valence electrons. The summed E-state index contributed by atoms with van der Waals surface area (Å²) < 4.78 is 52.7. The predicted octanol–water partition coefficient (Wildman–Crippen LogP) is 4.83. The second-order valence-electron chi connectivity index (χ2n) is 5.98. The van der Waals surface area contributed by atoms with E-state index in [1.54, 1.807) is 54.7 Å². The van der Waals surface area contributed by atoms with Gasteiger partial charge in [0.05, 0.1) is 5.69 Å². The average molecular weight is 418 g/mol. The molecule has 3 aromatic rings. The van der Waals surface area contributed by atoms with Gasteiger partial charge >= 0.3 is 6.18 Å². The summed E-state index contributed by atoms with van der Waals surface area (Å²) in [5.74, 6) is 0.768. The van der Waals surface area contributed by atoms with Crippen LogP contribution in [0.3, 0.4) is 0 Å². The summed E-state index contributed by atoms with van der Waals surface area (Å²) in [6.45, 7) is -1.79. The number of hydrogen-bond donors (Lipinski definition) is 1. The highest BCUT2D eigenvalue weighted by Crippen LogP contribution is 2.26. The Morgan fingerprint density at radius 3 is 2.30 bits per heavy atom. The molecule has 9 heteroatoms. The molecule has 30 heavy (non-hydrogen) atoms. The molecule has 0 aliphatic heterocycles. The third-order valence-corrected chi connectivity index (χ3v) is 3.61. The lowest BCUT2D eigenvalue weighted by Gasteiger charge is -2.14. The maximum atomic E-state index is 12.3. The largest absolute Gasteiger partial charge is 0.484 e. The van der Waals surface area contributed by atoms with Gasteiger partial charge in [-0.15, -0.1) is 0 Å². The van der Waals surface area contributed by atoms with E-state index in [9.17, 15) is 18.0 Å². The number of nitrogens with one attached hydrogen (secondary N) is 1. The highest BCUT2D eigenvalue weighted by Gasteiger charge is 2.28. The third-order valence-electron chi connectivity index (χ3n) is 3.61. The lowest BCUT2D eigenvalue weighted by atomic mass is 10.3. The van der Waals surface area contributed by atoms with E-state index in [1.165, 1.54) is 18.2 Å². The number of para-hydroxylation sites is 2. The van der Waals surface area contributed by atoms with Gasteiger partial charge in [-0.25, -0.2) is 4.98 Å². The van der Waals surface area contributed by atoms with Crippen molar-refractivity contribution in [3.8, 4) is 23.1 Å². The zero-order valence-corrected chi connectivity index (χ0v) is 15.6. The number of anilines is 1. The molecule has 3 rings (SSSR count). The number of halogens is 3. The summed E-state index contributed by atoms with van der Waals surface area (Å²) in [5.41, 5.74) is 0.120. The fourth-order valence-electron chi connectivity index (χ4n) is 2.32. The van der Waals surface area contributed by atoms with Crippen LogP contribution < -0.4 is 19.5 Å². The first kappa shape index (κ1) is 21.0. The highest BCUT2D eigenvalue weighted by atomic mass is 19.4. The molecule has 1 N–H and O–H groups in total. The number of carbonyl (C=O) groups excluding carboxylic acids is 1. The van der Waals surface area contributed by atoms with Crippen LogP contribution in [0.5, 0.6) is 23.1 Å². The van der Waals surface area contributed by atoms with Crippen LogP contribution in [-0.2, 0) is 4.79 Å². The summed E-state index contributed by atoms with van der Waals surface area (Å²) >= 11 is 0. The number of aromatic nitrogens is 1. The van der Waals surface area contributed by atoms with Crippen molar-refractivity contribution >= 4 is 11.6 Å². The van der Waals surface area contributed by atoms with E-state index in [1.807, 2.05) is 0 Å². The first-order chi connectivity index (χ1) is 14.4. The topological polar surface area (TPSA) is 69.7 Å². The molecule has 0 bridgehead atoms. The number of ether oxygens (including phenoxy) is 3. The van der Waals surface area contributed by atoms with E-state index in [0.29, 0.717) is 17.4 Å². The van der Waals surface area contributed by atoms with Crippen LogP contribution in [0.2, 0.25) is 0 Å². The summed E-state index contributed by atoms with van der Waals surface area (Å²) in [7, 11) is 0. The molecular weight excluding hydrogens is 401 g/mol. The number of hydrogen-bond acceptors (Lipinski definition) is 5. The quantitative estimate of drug-likeness (QED) is 0.567. The molecule has 0 aliphatic rings. The molecule has 0 radical (unpaired) electrons. The Bertz CT molecular complexity index is 964. The Morgan fingerprint density at radius 1 is 0.900 bits per heavy atom. The highest BCUT2D eigenvalue weighted by molar-refractivity contribution is 5.93. The average Bonchev–Trinajstić information content (AvgIpc) is 2.73. The van der Waals surface area contributed by atoms with Crippen LogP contribution in [0.1, 0.15) is 0 Å². The minimum absolute atomic E-state index is 0.0841. The van der Waals surface area contributed by atoms with E-state index >= 15 is 0 Å². The van der Waals surface area contributed by atoms with E-state index in [2.05, 4.69) is 10.3 Å². The molecule has 0 spiro atoms. The Labute approximate surface area is 170 Å². The maximum absolute atomic E-state index is 12.3. The summed E-state index contributed by atoms with van der Waals surface area (Å²) in [6, 6.07) is 17.7. The molecule has 2 aromatic carbocycles. The fourth-order valence-corrected chi connectivity index (χ4v) is 2.32. The van der Waals surface area contributed by atoms with Crippen LogP contribution in [0, 0.1) is 0 Å². The number of alkyl halides is 3. The van der Waals surface area contributed by atoms with Crippen molar-refractivity contribution in [3.63, 3.8) is 0 Å². The Balaban J connectivity index is 1.51. The first-order valence-electron chi connectivity index (χ1n) is 8.79. The summed E-state index contributed by atoms with van der Waals surface area (Å²) in [5, 5.41) is 2.47. The van der Waals surface area contributed by atoms with Gasteiger partial charge in [0, 0.05) is 12.3 Å². The Hall–Kier alpha value is -3.75.